The van der Waals surface area contributed by atoms with E-state index in [0.717, 1.165) is 6.54 Å². The molecular weight excluding hydrogens is 210 g/mol. The monoisotopic (exact) mass is 235 g/mol. The van der Waals surface area contributed by atoms with E-state index in [9.17, 15) is 0 Å². The normalized spacial score (nSPS) is 18.6. The van der Waals surface area contributed by atoms with E-state index in [1.807, 2.05) is 0 Å². The second-order valence-electron chi connectivity index (χ2n) is 6.24. The molecule has 96 valence electrons. The van der Waals surface area contributed by atoms with Crippen molar-refractivity contribution in [3.63, 3.8) is 0 Å². The van der Waals surface area contributed by atoms with E-state index in [0.29, 0.717) is 0 Å². The Hall–Kier alpha value is -0.830. The highest BCUT2D eigenvalue weighted by Crippen LogP contribution is 2.21. The third-order valence-electron chi connectivity index (χ3n) is 3.55. The molecule has 3 nitrogen and oxygen atoms in total. The van der Waals surface area contributed by atoms with Crippen LogP contribution in [0.4, 0.5) is 0 Å². The van der Waals surface area contributed by atoms with Crippen molar-refractivity contribution in [2.24, 2.45) is 7.05 Å². The molecule has 17 heavy (non-hydrogen) atoms. The molecule has 1 fully saturated rings. The van der Waals surface area contributed by atoms with Gasteiger partial charge in [-0.2, -0.15) is 0 Å². The Bertz CT molecular complexity index is 367. The van der Waals surface area contributed by atoms with Crippen molar-refractivity contribution < 1.29 is 0 Å². The summed E-state index contributed by atoms with van der Waals surface area (Å²) in [6.45, 7) is 10.1. The first kappa shape index (κ1) is 12.6. The summed E-state index contributed by atoms with van der Waals surface area (Å²) in [5.74, 6) is 1.21. The van der Waals surface area contributed by atoms with Crippen LogP contribution in [0.2, 0.25) is 0 Å². The van der Waals surface area contributed by atoms with Crippen LogP contribution in [0.25, 0.3) is 0 Å². The number of aryl methyl sites for hydroxylation is 1. The summed E-state index contributed by atoms with van der Waals surface area (Å²) < 4.78 is 2.19. The zero-order valence-corrected chi connectivity index (χ0v) is 11.7. The molecule has 1 aromatic rings. The topological polar surface area (TPSA) is 21.1 Å². The van der Waals surface area contributed by atoms with Gasteiger partial charge in [-0.3, -0.25) is 4.90 Å². The van der Waals surface area contributed by atoms with Crippen LogP contribution < -0.4 is 0 Å². The van der Waals surface area contributed by atoms with Gasteiger partial charge >= 0.3 is 0 Å². The predicted molar refractivity (Wildman–Crippen MR) is 71.0 cm³/mol. The summed E-state index contributed by atoms with van der Waals surface area (Å²) in [4.78, 5) is 7.32. The maximum atomic E-state index is 4.80. The van der Waals surface area contributed by atoms with Crippen molar-refractivity contribution in [3.05, 3.63) is 17.7 Å². The van der Waals surface area contributed by atoms with Gasteiger partial charge < -0.3 is 4.57 Å². The van der Waals surface area contributed by atoms with E-state index >= 15 is 0 Å². The number of likely N-dealkylation sites (tertiary alicyclic amines) is 1. The van der Waals surface area contributed by atoms with Crippen LogP contribution in [0.5, 0.6) is 0 Å². The number of nitrogens with zero attached hydrogens (tertiary/aromatic N) is 3. The maximum absolute atomic E-state index is 4.80. The van der Waals surface area contributed by atoms with E-state index in [1.165, 1.54) is 43.9 Å². The molecule has 0 unspecified atom stereocenters. The minimum absolute atomic E-state index is 0.151. The predicted octanol–water partition coefficient (Wildman–Crippen LogP) is 2.70. The quantitative estimate of drug-likeness (QED) is 0.786. The molecule has 2 heterocycles. The zero-order chi connectivity index (χ0) is 12.5. The van der Waals surface area contributed by atoms with Gasteiger partial charge in [-0.15, -0.1) is 0 Å². The molecule has 0 aliphatic carbocycles. The van der Waals surface area contributed by atoms with Crippen LogP contribution in [0, 0.1) is 0 Å². The molecule has 0 atom stereocenters. The van der Waals surface area contributed by atoms with Crippen LogP contribution >= 0.6 is 0 Å². The van der Waals surface area contributed by atoms with Crippen molar-refractivity contribution in [2.45, 2.75) is 52.0 Å². The van der Waals surface area contributed by atoms with Crippen molar-refractivity contribution in [1.29, 1.82) is 0 Å². The van der Waals surface area contributed by atoms with Crippen molar-refractivity contribution >= 4 is 0 Å². The average molecular weight is 235 g/mol. The lowest BCUT2D eigenvalue weighted by atomic mass is 9.93. The molecule has 1 aliphatic rings. The summed E-state index contributed by atoms with van der Waals surface area (Å²) in [5, 5.41) is 0. The van der Waals surface area contributed by atoms with Gasteiger partial charge in [0.2, 0.25) is 0 Å². The highest BCUT2D eigenvalue weighted by molar-refractivity contribution is 5.13. The first-order valence-corrected chi connectivity index (χ1v) is 6.72. The Morgan fingerprint density at radius 3 is 2.35 bits per heavy atom. The smallest absolute Gasteiger partial charge is 0.122 e. The molecule has 0 N–H and O–H groups in total. The van der Waals surface area contributed by atoms with E-state index in [-0.39, 0.29) is 5.41 Å². The largest absolute Gasteiger partial charge is 0.337 e. The summed E-state index contributed by atoms with van der Waals surface area (Å²) >= 11 is 0. The molecular formula is C14H25N3. The molecule has 0 bridgehead atoms. The van der Waals surface area contributed by atoms with Crippen molar-refractivity contribution in [2.75, 3.05) is 13.1 Å². The van der Waals surface area contributed by atoms with Crippen molar-refractivity contribution in [1.82, 2.24) is 14.5 Å². The van der Waals surface area contributed by atoms with Crippen molar-refractivity contribution in [3.8, 4) is 0 Å². The molecule has 3 heteroatoms. The fourth-order valence-corrected chi connectivity index (χ4v) is 2.33. The fourth-order valence-electron chi connectivity index (χ4n) is 2.33. The molecule has 2 rings (SSSR count). The van der Waals surface area contributed by atoms with E-state index in [2.05, 4.69) is 43.5 Å². The molecule has 1 aromatic heterocycles. The average Bonchev–Trinajstić information content (AvgIpc) is 2.62. The van der Waals surface area contributed by atoms with Crippen LogP contribution in [-0.4, -0.2) is 27.5 Å². The van der Waals surface area contributed by atoms with Crippen LogP contribution in [0.1, 0.15) is 51.6 Å². The molecule has 0 radical (unpaired) electrons. The van der Waals surface area contributed by atoms with Gasteiger partial charge in [0, 0.05) is 18.7 Å². The third-order valence-corrected chi connectivity index (χ3v) is 3.55. The first-order valence-electron chi connectivity index (χ1n) is 6.72. The highest BCUT2D eigenvalue weighted by Gasteiger charge is 2.20. The second kappa shape index (κ2) is 4.81. The number of piperidine rings is 1. The SMILES string of the molecule is Cn1cc(C(C)(C)C)nc1CN1CCCCC1. The molecule has 0 aromatic carbocycles. The number of aromatic nitrogens is 2. The lowest BCUT2D eigenvalue weighted by Gasteiger charge is -2.25. The Morgan fingerprint density at radius 2 is 1.82 bits per heavy atom. The third kappa shape index (κ3) is 3.09. The Morgan fingerprint density at radius 1 is 1.18 bits per heavy atom. The number of imidazole rings is 1. The van der Waals surface area contributed by atoms with Crippen LogP contribution in [-0.2, 0) is 19.0 Å². The Labute approximate surface area is 105 Å². The van der Waals surface area contributed by atoms with Gasteiger partial charge in [0.25, 0.3) is 0 Å². The van der Waals surface area contributed by atoms with Crippen LogP contribution in [0.3, 0.4) is 0 Å². The van der Waals surface area contributed by atoms with Gasteiger partial charge in [0.1, 0.15) is 5.82 Å². The number of rotatable bonds is 2. The van der Waals surface area contributed by atoms with Crippen LogP contribution in [0.15, 0.2) is 6.20 Å². The number of hydrogen-bond donors (Lipinski definition) is 0. The van der Waals surface area contributed by atoms with Gasteiger partial charge in [-0.1, -0.05) is 27.2 Å². The minimum atomic E-state index is 0.151. The van der Waals surface area contributed by atoms with Gasteiger partial charge in [0.15, 0.2) is 0 Å². The van der Waals surface area contributed by atoms with E-state index < -0.39 is 0 Å². The second-order valence-corrected chi connectivity index (χ2v) is 6.24. The van der Waals surface area contributed by atoms with Gasteiger partial charge in [-0.25, -0.2) is 4.98 Å². The summed E-state index contributed by atoms with van der Waals surface area (Å²) in [6, 6.07) is 0. The number of hydrogen-bond acceptors (Lipinski definition) is 2. The molecule has 0 saturated carbocycles. The van der Waals surface area contributed by atoms with E-state index in [1.54, 1.807) is 0 Å². The molecule has 0 amide bonds. The molecule has 0 spiro atoms. The maximum Gasteiger partial charge on any atom is 0.122 e. The molecule has 1 aliphatic heterocycles. The van der Waals surface area contributed by atoms with E-state index in [4.69, 9.17) is 4.98 Å². The summed E-state index contributed by atoms with van der Waals surface area (Å²) in [7, 11) is 2.11. The fraction of sp³-hybridized carbons (Fsp3) is 0.786. The zero-order valence-electron chi connectivity index (χ0n) is 11.7. The summed E-state index contributed by atoms with van der Waals surface area (Å²) in [6.07, 6.45) is 6.26. The van der Waals surface area contributed by atoms with Gasteiger partial charge in [-0.05, 0) is 25.9 Å². The lowest BCUT2D eigenvalue weighted by Crippen LogP contribution is -2.30. The molecule has 1 saturated heterocycles. The standard InChI is InChI=1S/C14H25N3/c1-14(2,3)12-10-16(4)13(15-12)11-17-8-6-5-7-9-17/h10H,5-9,11H2,1-4H3. The lowest BCUT2D eigenvalue weighted by molar-refractivity contribution is 0.214. The highest BCUT2D eigenvalue weighted by atomic mass is 15.2. The Balaban J connectivity index is 2.07. The first-order chi connectivity index (χ1) is 7.97. The van der Waals surface area contributed by atoms with Gasteiger partial charge in [0.05, 0.1) is 12.2 Å². The summed E-state index contributed by atoms with van der Waals surface area (Å²) in [5.41, 5.74) is 1.35. The minimum Gasteiger partial charge on any atom is -0.337 e. The Kier molecular flexibility index (Phi) is 3.57.